The Bertz CT molecular complexity index is 1410. The molecule has 0 radical (unpaired) electrons. The molecule has 230 valence electrons. The SMILES string of the molecule is Cn1nccc1COc1ccc2c(c1)CN(C(=O)OC(C)(C)C)C([C@H](O)CNc1ccc(C(=O)N3CCOCC3)cc1)C2. The van der Waals surface area contributed by atoms with E-state index in [1.165, 1.54) is 0 Å². The number of morpholine rings is 1. The normalized spacial score (nSPS) is 17.7. The molecule has 0 aliphatic carbocycles. The standard InChI is InChI=1S/C32H41N5O6/c1-32(2,3)43-31(40)37-20-24-17-27(42-21-26-11-12-34-35(26)4)10-7-23(24)18-28(37)29(38)19-33-25-8-5-22(6-9-25)30(39)36-13-15-41-16-14-36/h5-12,17,28-29,33,38H,13-16,18-21H2,1-4H3/t28?,29-/m1/s1. The molecule has 0 spiro atoms. The molecule has 1 saturated heterocycles. The second-order valence-electron chi connectivity index (χ2n) is 12.0. The topological polar surface area (TPSA) is 118 Å². The van der Waals surface area contributed by atoms with Crippen LogP contribution >= 0.6 is 0 Å². The summed E-state index contributed by atoms with van der Waals surface area (Å²) >= 11 is 0. The molecule has 2 amide bonds. The van der Waals surface area contributed by atoms with E-state index >= 15 is 0 Å². The number of hydrogen-bond donors (Lipinski definition) is 2. The second-order valence-corrected chi connectivity index (χ2v) is 12.0. The number of aromatic nitrogens is 2. The summed E-state index contributed by atoms with van der Waals surface area (Å²) < 4.78 is 18.8. The predicted octanol–water partition coefficient (Wildman–Crippen LogP) is 3.61. The van der Waals surface area contributed by atoms with Crippen molar-refractivity contribution in [1.29, 1.82) is 0 Å². The molecule has 1 unspecified atom stereocenters. The van der Waals surface area contributed by atoms with Crippen LogP contribution in [0.2, 0.25) is 0 Å². The molecule has 43 heavy (non-hydrogen) atoms. The van der Waals surface area contributed by atoms with Crippen LogP contribution in [0.15, 0.2) is 54.7 Å². The molecule has 2 atom stereocenters. The number of benzene rings is 2. The highest BCUT2D eigenvalue weighted by atomic mass is 16.6. The Balaban J connectivity index is 1.26. The summed E-state index contributed by atoms with van der Waals surface area (Å²) in [7, 11) is 1.87. The van der Waals surface area contributed by atoms with Gasteiger partial charge in [0, 0.05) is 50.7 Å². The van der Waals surface area contributed by atoms with Crippen LogP contribution in [0.5, 0.6) is 5.75 Å². The number of carbonyl (C=O) groups excluding carboxylic acids is 2. The van der Waals surface area contributed by atoms with E-state index in [-0.39, 0.29) is 19.0 Å². The zero-order chi connectivity index (χ0) is 30.6. The highest BCUT2D eigenvalue weighted by molar-refractivity contribution is 5.94. The quantitative estimate of drug-likeness (QED) is 0.408. The first-order valence-electron chi connectivity index (χ1n) is 14.7. The molecule has 3 heterocycles. The lowest BCUT2D eigenvalue weighted by molar-refractivity contribution is -0.00942. The lowest BCUT2D eigenvalue weighted by atomic mass is 9.91. The van der Waals surface area contributed by atoms with Crippen LogP contribution in [-0.4, -0.2) is 87.3 Å². The number of aliphatic hydroxyl groups is 1. The molecular formula is C32H41N5O6. The van der Waals surface area contributed by atoms with Gasteiger partial charge in [-0.2, -0.15) is 5.10 Å². The van der Waals surface area contributed by atoms with Gasteiger partial charge in [0.15, 0.2) is 0 Å². The molecular weight excluding hydrogens is 550 g/mol. The van der Waals surface area contributed by atoms with Crippen LogP contribution in [0, 0.1) is 0 Å². The molecule has 2 aliphatic rings. The number of amides is 2. The summed E-state index contributed by atoms with van der Waals surface area (Å²) in [4.78, 5) is 29.5. The van der Waals surface area contributed by atoms with E-state index in [1.54, 1.807) is 32.8 Å². The number of aliphatic hydroxyl groups excluding tert-OH is 1. The van der Waals surface area contributed by atoms with E-state index in [4.69, 9.17) is 14.2 Å². The van der Waals surface area contributed by atoms with Gasteiger partial charge in [-0.15, -0.1) is 0 Å². The van der Waals surface area contributed by atoms with Crippen LogP contribution in [0.1, 0.15) is 48.0 Å². The fourth-order valence-corrected chi connectivity index (χ4v) is 5.28. The highest BCUT2D eigenvalue weighted by Gasteiger charge is 2.37. The molecule has 0 saturated carbocycles. The number of anilines is 1. The summed E-state index contributed by atoms with van der Waals surface area (Å²) in [5.41, 5.74) is 3.64. The fraction of sp³-hybridized carbons (Fsp3) is 0.469. The van der Waals surface area contributed by atoms with Crippen molar-refractivity contribution in [2.45, 2.75) is 58.1 Å². The fourth-order valence-electron chi connectivity index (χ4n) is 5.28. The Morgan fingerprint density at radius 3 is 2.51 bits per heavy atom. The van der Waals surface area contributed by atoms with E-state index in [2.05, 4.69) is 10.4 Å². The summed E-state index contributed by atoms with van der Waals surface area (Å²) in [5, 5.41) is 18.8. The smallest absolute Gasteiger partial charge is 0.410 e. The third-order valence-corrected chi connectivity index (χ3v) is 7.67. The van der Waals surface area contributed by atoms with Crippen molar-refractivity contribution in [2.24, 2.45) is 7.05 Å². The van der Waals surface area contributed by atoms with Gasteiger partial charge in [-0.05, 0) is 80.8 Å². The summed E-state index contributed by atoms with van der Waals surface area (Å²) in [6, 6.07) is 14.5. The van der Waals surface area contributed by atoms with Gasteiger partial charge in [0.05, 0.1) is 31.1 Å². The van der Waals surface area contributed by atoms with Gasteiger partial charge in [-0.25, -0.2) is 4.79 Å². The first kappa shape index (κ1) is 30.4. The van der Waals surface area contributed by atoms with E-state index in [0.29, 0.717) is 50.6 Å². The van der Waals surface area contributed by atoms with Crippen molar-refractivity contribution in [3.63, 3.8) is 0 Å². The van der Waals surface area contributed by atoms with Crippen molar-refractivity contribution in [3.05, 3.63) is 77.1 Å². The van der Waals surface area contributed by atoms with Gasteiger partial charge >= 0.3 is 6.09 Å². The number of fused-ring (bicyclic) bond motifs is 1. The van der Waals surface area contributed by atoms with Crippen LogP contribution < -0.4 is 10.1 Å². The molecule has 11 heteroatoms. The number of carbonyl (C=O) groups is 2. The minimum absolute atomic E-state index is 0.0192. The molecule has 2 aromatic carbocycles. The molecule has 2 aliphatic heterocycles. The van der Waals surface area contributed by atoms with Gasteiger partial charge in [0.1, 0.15) is 18.0 Å². The van der Waals surface area contributed by atoms with Crippen molar-refractivity contribution in [2.75, 3.05) is 38.2 Å². The Morgan fingerprint density at radius 2 is 1.84 bits per heavy atom. The minimum Gasteiger partial charge on any atom is -0.487 e. The summed E-state index contributed by atoms with van der Waals surface area (Å²) in [6.07, 6.45) is 0.838. The van der Waals surface area contributed by atoms with Crippen LogP contribution in [0.3, 0.4) is 0 Å². The number of hydrogen-bond acceptors (Lipinski definition) is 8. The maximum Gasteiger partial charge on any atom is 0.410 e. The number of rotatable bonds is 8. The maximum atomic E-state index is 13.3. The third-order valence-electron chi connectivity index (χ3n) is 7.67. The van der Waals surface area contributed by atoms with E-state index < -0.39 is 23.8 Å². The zero-order valence-electron chi connectivity index (χ0n) is 25.3. The summed E-state index contributed by atoms with van der Waals surface area (Å²) in [6.45, 7) is 8.63. The first-order chi connectivity index (χ1) is 20.6. The predicted molar refractivity (Wildman–Crippen MR) is 161 cm³/mol. The van der Waals surface area contributed by atoms with Gasteiger partial charge in [-0.3, -0.25) is 14.4 Å². The molecule has 2 N–H and O–H groups in total. The largest absolute Gasteiger partial charge is 0.487 e. The van der Waals surface area contributed by atoms with Gasteiger partial charge in [0.25, 0.3) is 5.91 Å². The minimum atomic E-state index is -0.879. The molecule has 1 fully saturated rings. The van der Waals surface area contributed by atoms with E-state index in [9.17, 15) is 14.7 Å². The average Bonchev–Trinajstić information content (AvgIpc) is 3.41. The van der Waals surface area contributed by atoms with Crippen molar-refractivity contribution in [3.8, 4) is 5.75 Å². The van der Waals surface area contributed by atoms with Crippen LogP contribution in [0.25, 0.3) is 0 Å². The Hall–Kier alpha value is -4.09. The molecule has 11 nitrogen and oxygen atoms in total. The maximum absolute atomic E-state index is 13.3. The van der Waals surface area contributed by atoms with E-state index in [0.717, 1.165) is 22.5 Å². The third kappa shape index (κ3) is 7.66. The van der Waals surface area contributed by atoms with Crippen molar-refractivity contribution < 1.29 is 28.9 Å². The Morgan fingerprint density at radius 1 is 1.09 bits per heavy atom. The monoisotopic (exact) mass is 591 g/mol. The van der Waals surface area contributed by atoms with Crippen molar-refractivity contribution >= 4 is 17.7 Å². The van der Waals surface area contributed by atoms with Gasteiger partial charge in [0.2, 0.25) is 0 Å². The zero-order valence-corrected chi connectivity index (χ0v) is 25.3. The molecule has 1 aromatic heterocycles. The van der Waals surface area contributed by atoms with Crippen LogP contribution in [-0.2, 0) is 36.1 Å². The lowest BCUT2D eigenvalue weighted by Crippen LogP contribution is -2.53. The van der Waals surface area contributed by atoms with E-state index in [1.807, 2.05) is 64.2 Å². The highest BCUT2D eigenvalue weighted by Crippen LogP contribution is 2.30. The summed E-state index contributed by atoms with van der Waals surface area (Å²) in [5.74, 6) is 0.676. The molecule has 0 bridgehead atoms. The number of nitrogens with one attached hydrogen (secondary N) is 1. The first-order valence-corrected chi connectivity index (χ1v) is 14.7. The molecule has 3 aromatic rings. The number of nitrogens with zero attached hydrogens (tertiary/aromatic N) is 4. The number of aryl methyl sites for hydroxylation is 1. The van der Waals surface area contributed by atoms with Gasteiger partial charge in [-0.1, -0.05) is 6.07 Å². The van der Waals surface area contributed by atoms with Crippen LogP contribution in [0.4, 0.5) is 10.5 Å². The Labute approximate surface area is 252 Å². The Kier molecular flexibility index (Phi) is 9.22. The molecule has 5 rings (SSSR count). The number of ether oxygens (including phenoxy) is 3. The lowest BCUT2D eigenvalue weighted by Gasteiger charge is -2.40. The van der Waals surface area contributed by atoms with Gasteiger partial charge < -0.3 is 29.5 Å². The van der Waals surface area contributed by atoms with Crippen molar-refractivity contribution in [1.82, 2.24) is 19.6 Å². The average molecular weight is 592 g/mol. The second kappa shape index (κ2) is 13.0.